The maximum Gasteiger partial charge on any atom is 0.264 e. The van der Waals surface area contributed by atoms with Crippen LogP contribution < -0.4 is 5.43 Å². The fourth-order valence-corrected chi connectivity index (χ4v) is 2.20. The van der Waals surface area contributed by atoms with Crippen LogP contribution in [0.4, 0.5) is 4.39 Å². The van der Waals surface area contributed by atoms with E-state index in [4.69, 9.17) is 0 Å². The molecule has 0 aliphatic rings. The molecule has 2 aromatic rings. The highest BCUT2D eigenvalue weighted by molar-refractivity contribution is 9.10. The number of halogens is 2. The van der Waals surface area contributed by atoms with Gasteiger partial charge < -0.3 is 0 Å². The zero-order chi connectivity index (χ0) is 13.8. The Morgan fingerprint density at radius 1 is 1.68 bits per heavy atom. The molecule has 0 radical (unpaired) electrons. The van der Waals surface area contributed by atoms with Gasteiger partial charge in [-0.15, -0.1) is 11.3 Å². The van der Waals surface area contributed by atoms with Gasteiger partial charge in [0.05, 0.1) is 21.8 Å². The number of amides is 1. The van der Waals surface area contributed by atoms with Crippen LogP contribution >= 0.6 is 27.3 Å². The number of thiophene rings is 1. The van der Waals surface area contributed by atoms with E-state index < -0.39 is 6.04 Å². The van der Waals surface area contributed by atoms with Gasteiger partial charge in [0, 0.05) is 6.20 Å². The Labute approximate surface area is 121 Å². The highest BCUT2D eigenvalue weighted by Crippen LogP contribution is 2.12. The van der Waals surface area contributed by atoms with Crippen LogP contribution in [-0.4, -0.2) is 21.9 Å². The molecule has 0 fully saturated rings. The summed E-state index contributed by atoms with van der Waals surface area (Å²) in [6.07, 6.45) is 4.70. The second-order valence-electron chi connectivity index (χ2n) is 3.69. The normalized spacial score (nSPS) is 12.8. The highest BCUT2D eigenvalue weighted by Gasteiger charge is 2.14. The minimum absolute atomic E-state index is 0.289. The van der Waals surface area contributed by atoms with Gasteiger partial charge in [0.1, 0.15) is 6.04 Å². The topological polar surface area (TPSA) is 59.3 Å². The third-order valence-corrected chi connectivity index (χ3v) is 3.52. The van der Waals surface area contributed by atoms with Gasteiger partial charge in [0.15, 0.2) is 5.13 Å². The quantitative estimate of drug-likeness (QED) is 0.684. The number of carbonyl (C=O) groups is 1. The van der Waals surface area contributed by atoms with Crippen molar-refractivity contribution in [2.24, 2.45) is 5.10 Å². The van der Waals surface area contributed by atoms with Crippen molar-refractivity contribution < 1.29 is 9.18 Å². The van der Waals surface area contributed by atoms with Gasteiger partial charge in [0.2, 0.25) is 0 Å². The first-order valence-electron chi connectivity index (χ1n) is 5.34. The van der Waals surface area contributed by atoms with Gasteiger partial charge in [-0.05, 0) is 35.0 Å². The minimum atomic E-state index is -0.483. The molecule has 2 aromatic heterocycles. The molecule has 1 N–H and O–H groups in total. The van der Waals surface area contributed by atoms with Crippen molar-refractivity contribution in [3.05, 3.63) is 39.0 Å². The molecule has 0 spiro atoms. The highest BCUT2D eigenvalue weighted by atomic mass is 79.9. The van der Waals surface area contributed by atoms with E-state index in [0.717, 1.165) is 15.8 Å². The number of hydrogen-bond donors (Lipinski definition) is 1. The Kier molecular flexibility index (Phi) is 4.43. The number of nitrogens with zero attached hydrogens (tertiary/aromatic N) is 3. The smallest absolute Gasteiger partial charge is 0.264 e. The van der Waals surface area contributed by atoms with Crippen LogP contribution in [-0.2, 0) is 4.79 Å². The molecule has 1 amide bonds. The molecule has 5 nitrogen and oxygen atoms in total. The summed E-state index contributed by atoms with van der Waals surface area (Å²) in [6, 6.07) is 2.45. The van der Waals surface area contributed by atoms with E-state index in [0.29, 0.717) is 4.88 Å². The standard InChI is InChI=1S/C11H10BrFN4OS/c1-7(17-6-8(12)4-15-17)11(18)16-14-5-9-2-3-10(13)19-9/h2-7H,1H3,(H,16,18). The van der Waals surface area contributed by atoms with Crippen molar-refractivity contribution in [1.82, 2.24) is 15.2 Å². The summed E-state index contributed by atoms with van der Waals surface area (Å²) >= 11 is 4.21. The van der Waals surface area contributed by atoms with Crippen molar-refractivity contribution >= 4 is 39.4 Å². The zero-order valence-electron chi connectivity index (χ0n) is 9.88. The molecule has 2 rings (SSSR count). The summed E-state index contributed by atoms with van der Waals surface area (Å²) < 4.78 is 15.0. The Balaban J connectivity index is 1.92. The van der Waals surface area contributed by atoms with E-state index in [2.05, 4.69) is 31.6 Å². The van der Waals surface area contributed by atoms with Gasteiger partial charge in [0.25, 0.3) is 5.91 Å². The Morgan fingerprint density at radius 2 is 2.47 bits per heavy atom. The number of rotatable bonds is 4. The van der Waals surface area contributed by atoms with E-state index in [1.54, 1.807) is 25.4 Å². The molecule has 1 unspecified atom stereocenters. The lowest BCUT2D eigenvalue weighted by Crippen LogP contribution is -2.27. The molecular formula is C11H10BrFN4OS. The summed E-state index contributed by atoms with van der Waals surface area (Å²) in [6.45, 7) is 1.70. The molecule has 0 aliphatic heterocycles. The fourth-order valence-electron chi connectivity index (χ4n) is 1.30. The van der Waals surface area contributed by atoms with Crippen LogP contribution in [0.3, 0.4) is 0 Å². The first-order chi connectivity index (χ1) is 9.06. The lowest BCUT2D eigenvalue weighted by molar-refractivity contribution is -0.124. The van der Waals surface area contributed by atoms with Crippen LogP contribution in [0.15, 0.2) is 34.1 Å². The first kappa shape index (κ1) is 13.9. The van der Waals surface area contributed by atoms with Gasteiger partial charge in [-0.25, -0.2) is 5.43 Å². The van der Waals surface area contributed by atoms with Gasteiger partial charge >= 0.3 is 0 Å². The molecule has 1 atom stereocenters. The SMILES string of the molecule is CC(C(=O)NN=Cc1ccc(F)s1)n1cc(Br)cn1. The zero-order valence-corrected chi connectivity index (χ0v) is 12.3. The summed E-state index contributed by atoms with van der Waals surface area (Å²) in [5, 5.41) is 7.50. The van der Waals surface area contributed by atoms with E-state index in [1.165, 1.54) is 17.0 Å². The van der Waals surface area contributed by atoms with E-state index >= 15 is 0 Å². The molecule has 2 heterocycles. The number of carbonyl (C=O) groups excluding carboxylic acids is 1. The molecule has 19 heavy (non-hydrogen) atoms. The maximum absolute atomic E-state index is 12.7. The largest absolute Gasteiger partial charge is 0.271 e. The van der Waals surface area contributed by atoms with Crippen LogP contribution in [0.25, 0.3) is 0 Å². The van der Waals surface area contributed by atoms with Crippen molar-refractivity contribution in [2.75, 3.05) is 0 Å². The van der Waals surface area contributed by atoms with Crippen molar-refractivity contribution in [2.45, 2.75) is 13.0 Å². The van der Waals surface area contributed by atoms with Crippen molar-refractivity contribution in [1.29, 1.82) is 0 Å². The Bertz CT molecular complexity index is 609. The number of nitrogens with one attached hydrogen (secondary N) is 1. The molecule has 100 valence electrons. The van der Waals surface area contributed by atoms with E-state index in [-0.39, 0.29) is 11.0 Å². The summed E-state index contributed by atoms with van der Waals surface area (Å²) in [5.74, 6) is -0.302. The average molecular weight is 345 g/mol. The Morgan fingerprint density at radius 3 is 3.05 bits per heavy atom. The predicted octanol–water partition coefficient (Wildman–Crippen LogP) is 2.56. The predicted molar refractivity (Wildman–Crippen MR) is 74.7 cm³/mol. The summed E-state index contributed by atoms with van der Waals surface area (Å²) in [4.78, 5) is 12.4. The van der Waals surface area contributed by atoms with E-state index in [9.17, 15) is 9.18 Å². The van der Waals surface area contributed by atoms with Crippen LogP contribution in [0.1, 0.15) is 17.8 Å². The lowest BCUT2D eigenvalue weighted by atomic mass is 10.3. The van der Waals surface area contributed by atoms with Crippen LogP contribution in [0, 0.1) is 5.13 Å². The lowest BCUT2D eigenvalue weighted by Gasteiger charge is -2.09. The average Bonchev–Trinajstić information content (AvgIpc) is 2.97. The van der Waals surface area contributed by atoms with Crippen LogP contribution in [0.2, 0.25) is 0 Å². The van der Waals surface area contributed by atoms with Gasteiger partial charge in [-0.1, -0.05) is 0 Å². The second kappa shape index (κ2) is 6.07. The van der Waals surface area contributed by atoms with Crippen LogP contribution in [0.5, 0.6) is 0 Å². The minimum Gasteiger partial charge on any atom is -0.271 e. The molecule has 0 aromatic carbocycles. The maximum atomic E-state index is 12.7. The Hall–Kier alpha value is -1.54. The summed E-state index contributed by atoms with van der Waals surface area (Å²) in [5.41, 5.74) is 2.39. The molecule has 0 saturated carbocycles. The van der Waals surface area contributed by atoms with Gasteiger partial charge in [-0.3, -0.25) is 9.48 Å². The number of hydrazone groups is 1. The van der Waals surface area contributed by atoms with E-state index in [1.807, 2.05) is 0 Å². The van der Waals surface area contributed by atoms with Gasteiger partial charge in [-0.2, -0.15) is 14.6 Å². The number of aromatic nitrogens is 2. The fraction of sp³-hybridized carbons (Fsp3) is 0.182. The van der Waals surface area contributed by atoms with Crippen molar-refractivity contribution in [3.8, 4) is 0 Å². The monoisotopic (exact) mass is 344 g/mol. The second-order valence-corrected chi connectivity index (χ2v) is 5.67. The first-order valence-corrected chi connectivity index (χ1v) is 6.95. The third-order valence-electron chi connectivity index (χ3n) is 2.31. The molecule has 8 heteroatoms. The third kappa shape index (κ3) is 3.71. The molecule has 0 bridgehead atoms. The van der Waals surface area contributed by atoms with Crippen molar-refractivity contribution in [3.63, 3.8) is 0 Å². The molecule has 0 aliphatic carbocycles. The molecule has 0 saturated heterocycles. The molecular weight excluding hydrogens is 335 g/mol. The summed E-state index contributed by atoms with van der Waals surface area (Å²) in [7, 11) is 0. The number of hydrogen-bond acceptors (Lipinski definition) is 4.